The molecule has 0 nitrogen and oxygen atoms in total. The van der Waals surface area contributed by atoms with Gasteiger partial charge in [-0.1, -0.05) is 95.8 Å². The largest absolute Gasteiger partial charge is 0.0993 e. The molecule has 0 heterocycles. The summed E-state index contributed by atoms with van der Waals surface area (Å²) in [7, 11) is 0. The van der Waals surface area contributed by atoms with Crippen LogP contribution >= 0.6 is 0 Å². The molecule has 3 saturated carbocycles. The lowest BCUT2D eigenvalue weighted by molar-refractivity contribution is 0.0932. The Hall–Kier alpha value is -0.780. The Bertz CT molecular complexity index is 590. The number of unbranched alkanes of at least 4 members (excludes halogenated alkanes) is 2. The molecule has 0 unspecified atom stereocenters. The molecule has 158 valence electrons. The van der Waals surface area contributed by atoms with Gasteiger partial charge in [0.15, 0.2) is 0 Å². The van der Waals surface area contributed by atoms with E-state index in [0.717, 1.165) is 17.8 Å². The van der Waals surface area contributed by atoms with E-state index in [1.807, 2.05) is 0 Å². The quantitative estimate of drug-likeness (QED) is 0.318. The van der Waals surface area contributed by atoms with Crippen molar-refractivity contribution in [3.63, 3.8) is 0 Å². The average molecular weight is 383 g/mol. The maximum Gasteiger partial charge on any atom is -0.0143 e. The molecule has 3 aliphatic carbocycles. The van der Waals surface area contributed by atoms with Gasteiger partial charge in [-0.25, -0.2) is 0 Å². The Morgan fingerprint density at radius 2 is 1.82 bits per heavy atom. The third-order valence-electron chi connectivity index (χ3n) is 8.92. The molecule has 0 radical (unpaired) electrons. The molecule has 0 heteroatoms. The number of fused-ring (bicyclic) bond motifs is 1. The molecule has 0 aromatic heterocycles. The van der Waals surface area contributed by atoms with Crippen molar-refractivity contribution in [2.75, 3.05) is 0 Å². The highest BCUT2D eigenvalue weighted by molar-refractivity contribution is 5.28. The minimum atomic E-state index is 0.565. The third-order valence-corrected chi connectivity index (χ3v) is 8.92. The Kier molecular flexibility index (Phi) is 7.32. The predicted molar refractivity (Wildman–Crippen MR) is 124 cm³/mol. The summed E-state index contributed by atoms with van der Waals surface area (Å²) < 4.78 is 0. The first-order valence-corrected chi connectivity index (χ1v) is 12.4. The first-order valence-electron chi connectivity index (χ1n) is 12.4. The van der Waals surface area contributed by atoms with Crippen molar-refractivity contribution in [2.45, 2.75) is 105 Å². The van der Waals surface area contributed by atoms with Crippen molar-refractivity contribution in [3.05, 3.63) is 35.5 Å². The maximum atomic E-state index is 4.32. The van der Waals surface area contributed by atoms with Gasteiger partial charge in [0.2, 0.25) is 0 Å². The standard InChI is InChI=1S/C28H46/c1-7-8-9-11-20(2)26-15-16-27-25(12-10-17-28(26,27)6)14-13-24-18-21(3)23(5)22(4)19-24/h13-14,20-22,26-27H,5,7-12,15-19H2,1-4,6H3/b25-14+/t20-,21-,22-,26-,27+,28-/m1/s1. The number of hydrogen-bond donors (Lipinski definition) is 0. The summed E-state index contributed by atoms with van der Waals surface area (Å²) in [6.45, 7) is 16.6. The number of hydrogen-bond acceptors (Lipinski definition) is 0. The molecule has 0 bridgehead atoms. The van der Waals surface area contributed by atoms with Crippen LogP contribution in [0.5, 0.6) is 0 Å². The molecular weight excluding hydrogens is 336 g/mol. The summed E-state index contributed by atoms with van der Waals surface area (Å²) in [6, 6.07) is 0. The highest BCUT2D eigenvalue weighted by Gasteiger charge is 2.50. The normalized spacial score (nSPS) is 38.5. The van der Waals surface area contributed by atoms with Gasteiger partial charge in [-0.05, 0) is 80.0 Å². The molecular formula is C28H46. The van der Waals surface area contributed by atoms with Crippen LogP contribution in [0.2, 0.25) is 0 Å². The molecule has 3 aliphatic rings. The fourth-order valence-electron chi connectivity index (χ4n) is 7.11. The van der Waals surface area contributed by atoms with Crippen LogP contribution in [0.4, 0.5) is 0 Å². The summed E-state index contributed by atoms with van der Waals surface area (Å²) in [4.78, 5) is 0. The Labute approximate surface area is 176 Å². The van der Waals surface area contributed by atoms with Gasteiger partial charge in [-0.2, -0.15) is 0 Å². The van der Waals surface area contributed by atoms with Crippen molar-refractivity contribution in [3.8, 4) is 0 Å². The predicted octanol–water partition coefficient (Wildman–Crippen LogP) is 8.89. The summed E-state index contributed by atoms with van der Waals surface area (Å²) in [5.41, 5.74) is 5.48. The Balaban J connectivity index is 1.70. The Morgan fingerprint density at radius 3 is 2.50 bits per heavy atom. The maximum absolute atomic E-state index is 4.32. The number of rotatable bonds is 6. The van der Waals surface area contributed by atoms with Gasteiger partial charge in [-0.3, -0.25) is 0 Å². The molecule has 0 aromatic rings. The topological polar surface area (TPSA) is 0 Å². The van der Waals surface area contributed by atoms with Crippen LogP contribution in [-0.2, 0) is 0 Å². The number of allylic oxidation sites excluding steroid dienone is 5. The van der Waals surface area contributed by atoms with Crippen molar-refractivity contribution < 1.29 is 0 Å². The molecule has 0 aromatic carbocycles. The van der Waals surface area contributed by atoms with Gasteiger partial charge in [0.25, 0.3) is 0 Å². The van der Waals surface area contributed by atoms with E-state index < -0.39 is 0 Å². The fraction of sp³-hybridized carbons (Fsp3) is 0.786. The highest BCUT2D eigenvalue weighted by atomic mass is 14.5. The van der Waals surface area contributed by atoms with E-state index in [1.165, 1.54) is 76.2 Å². The van der Waals surface area contributed by atoms with E-state index in [1.54, 1.807) is 11.1 Å². The zero-order chi connectivity index (χ0) is 20.3. The molecule has 3 rings (SSSR count). The van der Waals surface area contributed by atoms with Crippen LogP contribution in [0.1, 0.15) is 105 Å². The lowest BCUT2D eigenvalue weighted by Gasteiger charge is -2.44. The van der Waals surface area contributed by atoms with Crippen molar-refractivity contribution in [2.24, 2.45) is 35.0 Å². The Morgan fingerprint density at radius 1 is 1.11 bits per heavy atom. The molecule has 0 amide bonds. The molecule has 28 heavy (non-hydrogen) atoms. The molecule has 3 fully saturated rings. The zero-order valence-electron chi connectivity index (χ0n) is 19.5. The first-order chi connectivity index (χ1) is 13.4. The van der Waals surface area contributed by atoms with Crippen LogP contribution in [0.25, 0.3) is 0 Å². The van der Waals surface area contributed by atoms with E-state index in [0.29, 0.717) is 17.3 Å². The molecule has 6 atom stereocenters. The minimum absolute atomic E-state index is 0.565. The van der Waals surface area contributed by atoms with E-state index in [2.05, 4.69) is 53.3 Å². The molecule has 0 saturated heterocycles. The summed E-state index contributed by atoms with van der Waals surface area (Å²) in [5, 5.41) is 0. The van der Waals surface area contributed by atoms with Crippen LogP contribution in [-0.4, -0.2) is 0 Å². The second kappa shape index (κ2) is 9.36. The second-order valence-electron chi connectivity index (χ2n) is 10.9. The van der Waals surface area contributed by atoms with Gasteiger partial charge in [-0.15, -0.1) is 0 Å². The van der Waals surface area contributed by atoms with E-state index >= 15 is 0 Å². The van der Waals surface area contributed by atoms with Gasteiger partial charge < -0.3 is 0 Å². The lowest BCUT2D eigenvalue weighted by Crippen LogP contribution is -2.36. The van der Waals surface area contributed by atoms with Crippen LogP contribution in [0, 0.1) is 35.0 Å². The monoisotopic (exact) mass is 382 g/mol. The third kappa shape index (κ3) is 4.52. The molecule has 0 spiro atoms. The summed E-state index contributed by atoms with van der Waals surface area (Å²) in [6.07, 6.45) is 20.3. The van der Waals surface area contributed by atoms with Gasteiger partial charge in [0, 0.05) is 0 Å². The smallest absolute Gasteiger partial charge is 0.0143 e. The van der Waals surface area contributed by atoms with Gasteiger partial charge in [0.05, 0.1) is 0 Å². The lowest BCUT2D eigenvalue weighted by atomic mass is 9.60. The fourth-order valence-corrected chi connectivity index (χ4v) is 7.11. The highest BCUT2D eigenvalue weighted by Crippen LogP contribution is 2.59. The van der Waals surface area contributed by atoms with Gasteiger partial charge in [0.1, 0.15) is 0 Å². The second-order valence-corrected chi connectivity index (χ2v) is 10.9. The average Bonchev–Trinajstić information content (AvgIpc) is 3.02. The van der Waals surface area contributed by atoms with E-state index in [9.17, 15) is 0 Å². The van der Waals surface area contributed by atoms with Crippen molar-refractivity contribution >= 4 is 0 Å². The summed E-state index contributed by atoms with van der Waals surface area (Å²) in [5.74, 6) is 4.02. The van der Waals surface area contributed by atoms with Gasteiger partial charge >= 0.3 is 0 Å². The van der Waals surface area contributed by atoms with E-state index in [-0.39, 0.29) is 0 Å². The minimum Gasteiger partial charge on any atom is -0.0993 e. The molecule has 0 N–H and O–H groups in total. The van der Waals surface area contributed by atoms with Crippen LogP contribution < -0.4 is 0 Å². The molecule has 0 aliphatic heterocycles. The summed E-state index contributed by atoms with van der Waals surface area (Å²) >= 11 is 0. The van der Waals surface area contributed by atoms with Crippen molar-refractivity contribution in [1.29, 1.82) is 0 Å². The SMILES string of the molecule is C=C1[C@H](C)CC(=C/C=C2\CCC[C@]3(C)[C@@H]([C@H](C)CCCCC)CC[C@@H]23)C[C@H]1C. The van der Waals surface area contributed by atoms with Crippen LogP contribution in [0.15, 0.2) is 35.5 Å². The first kappa shape index (κ1) is 21.9. The zero-order valence-corrected chi connectivity index (χ0v) is 19.5. The van der Waals surface area contributed by atoms with Crippen molar-refractivity contribution in [1.82, 2.24) is 0 Å². The van der Waals surface area contributed by atoms with E-state index in [4.69, 9.17) is 0 Å². The van der Waals surface area contributed by atoms with Crippen LogP contribution in [0.3, 0.4) is 0 Å².